The van der Waals surface area contributed by atoms with Crippen molar-refractivity contribution >= 4 is 22.8 Å². The van der Waals surface area contributed by atoms with E-state index in [9.17, 15) is 9.59 Å². The highest BCUT2D eigenvalue weighted by Gasteiger charge is 2.20. The van der Waals surface area contributed by atoms with Gasteiger partial charge in [0.25, 0.3) is 5.24 Å². The summed E-state index contributed by atoms with van der Waals surface area (Å²) in [6, 6.07) is 8.08. The van der Waals surface area contributed by atoms with Crippen LogP contribution in [0, 0.1) is 17.2 Å². The number of nitrogens with zero attached hydrogens (tertiary/aromatic N) is 1. The van der Waals surface area contributed by atoms with Crippen LogP contribution in [0.5, 0.6) is 0 Å². The molecule has 1 fully saturated rings. The van der Waals surface area contributed by atoms with Gasteiger partial charge in [-0.05, 0) is 48.8 Å². The Morgan fingerprint density at radius 2 is 2.00 bits per heavy atom. The summed E-state index contributed by atoms with van der Waals surface area (Å²) in [4.78, 5) is 20.7. The Morgan fingerprint density at radius 1 is 1.37 bits per heavy atom. The van der Waals surface area contributed by atoms with E-state index in [-0.39, 0.29) is 5.92 Å². The average molecular weight is 281 g/mol. The third-order valence-corrected chi connectivity index (χ3v) is 2.87. The number of benzene rings is 1. The quantitative estimate of drug-likeness (QED) is 0.804. The third kappa shape index (κ3) is 5.08. The Labute approximate surface area is 115 Å². The second-order valence-corrected chi connectivity index (χ2v) is 4.33. The largest absolute Gasteiger partial charge is 0.481 e. The fourth-order valence-electron chi connectivity index (χ4n) is 1.54. The van der Waals surface area contributed by atoms with Gasteiger partial charge in [0.15, 0.2) is 0 Å². The molecule has 0 saturated carbocycles. The molecule has 1 aromatic rings. The van der Waals surface area contributed by atoms with Crippen molar-refractivity contribution in [2.45, 2.75) is 6.42 Å². The number of hydrogen-bond acceptors (Lipinski definition) is 4. The highest BCUT2D eigenvalue weighted by atomic mass is 35.5. The van der Waals surface area contributed by atoms with Crippen LogP contribution in [0.3, 0.4) is 0 Å². The van der Waals surface area contributed by atoms with Gasteiger partial charge in [0.05, 0.1) is 17.6 Å². The molecule has 0 spiro atoms. The number of rotatable bonds is 2. The van der Waals surface area contributed by atoms with Crippen LogP contribution in [-0.4, -0.2) is 29.4 Å². The van der Waals surface area contributed by atoms with Crippen LogP contribution < -0.4 is 5.32 Å². The summed E-state index contributed by atoms with van der Waals surface area (Å²) in [5.74, 6) is -0.801. The summed E-state index contributed by atoms with van der Waals surface area (Å²) < 4.78 is 0. The maximum Gasteiger partial charge on any atom is 0.307 e. The van der Waals surface area contributed by atoms with Gasteiger partial charge in [-0.25, -0.2) is 0 Å². The maximum atomic E-state index is 10.5. The molecule has 0 bridgehead atoms. The lowest BCUT2D eigenvalue weighted by molar-refractivity contribution is -0.140. The molecule has 0 aromatic heterocycles. The first kappa shape index (κ1) is 15.2. The molecule has 1 atom stereocenters. The van der Waals surface area contributed by atoms with Gasteiger partial charge in [0, 0.05) is 12.1 Å². The van der Waals surface area contributed by atoms with Crippen molar-refractivity contribution in [2.75, 3.05) is 13.1 Å². The zero-order valence-electron chi connectivity index (χ0n) is 10.1. The SMILES string of the molecule is N#Cc1ccc(C(=O)Cl)cc1.O=C(O)[C@H]1CCNC1. The lowest BCUT2D eigenvalue weighted by Crippen LogP contribution is -2.16. The molecule has 0 amide bonds. The number of carboxylic acid groups (broad SMARTS) is 1. The molecule has 1 aliphatic heterocycles. The van der Waals surface area contributed by atoms with Gasteiger partial charge in [0.1, 0.15) is 0 Å². The lowest BCUT2D eigenvalue weighted by atomic mass is 10.1. The molecule has 0 radical (unpaired) electrons. The van der Waals surface area contributed by atoms with Crippen molar-refractivity contribution in [1.82, 2.24) is 5.32 Å². The first-order chi connectivity index (χ1) is 9.04. The van der Waals surface area contributed by atoms with Crippen LogP contribution in [0.25, 0.3) is 0 Å². The molecule has 1 aromatic carbocycles. The third-order valence-electron chi connectivity index (χ3n) is 2.65. The standard InChI is InChI=1S/C8H4ClNO.C5H9NO2/c9-8(11)7-3-1-6(5-10)2-4-7;7-5(8)4-1-2-6-3-4/h1-4H;4,6H,1-3H2,(H,7,8)/t;4-/m.0/s1. The summed E-state index contributed by atoms with van der Waals surface area (Å²) in [5.41, 5.74) is 0.928. The van der Waals surface area contributed by atoms with Crippen LogP contribution in [0.4, 0.5) is 0 Å². The molecule has 6 heteroatoms. The molecule has 0 aliphatic carbocycles. The zero-order chi connectivity index (χ0) is 14.3. The van der Waals surface area contributed by atoms with Crippen LogP contribution in [0.15, 0.2) is 24.3 Å². The van der Waals surface area contributed by atoms with Gasteiger partial charge in [-0.15, -0.1) is 0 Å². The van der Waals surface area contributed by atoms with Crippen molar-refractivity contribution < 1.29 is 14.7 Å². The Bertz CT molecular complexity index is 488. The minimum atomic E-state index is -0.671. The fourth-order valence-corrected chi connectivity index (χ4v) is 1.67. The molecular formula is C13H13ClN2O3. The van der Waals surface area contributed by atoms with E-state index in [1.807, 2.05) is 6.07 Å². The van der Waals surface area contributed by atoms with E-state index < -0.39 is 11.2 Å². The van der Waals surface area contributed by atoms with E-state index in [1.165, 1.54) is 12.1 Å². The summed E-state index contributed by atoms with van der Waals surface area (Å²) >= 11 is 5.18. The average Bonchev–Trinajstić information content (AvgIpc) is 2.93. The molecule has 0 unspecified atom stereocenters. The first-order valence-corrected chi connectivity index (χ1v) is 6.06. The van der Waals surface area contributed by atoms with Gasteiger partial charge in [-0.2, -0.15) is 5.26 Å². The minimum Gasteiger partial charge on any atom is -0.481 e. The molecular weight excluding hydrogens is 268 g/mol. The van der Waals surface area contributed by atoms with Crippen LogP contribution in [-0.2, 0) is 4.79 Å². The van der Waals surface area contributed by atoms with E-state index >= 15 is 0 Å². The summed E-state index contributed by atoms with van der Waals surface area (Å²) in [6.07, 6.45) is 0.787. The molecule has 100 valence electrons. The van der Waals surface area contributed by atoms with E-state index in [0.29, 0.717) is 17.7 Å². The van der Waals surface area contributed by atoms with E-state index in [1.54, 1.807) is 12.1 Å². The summed E-state index contributed by atoms with van der Waals surface area (Å²) in [7, 11) is 0. The molecule has 19 heavy (non-hydrogen) atoms. The number of carbonyl (C=O) groups is 2. The van der Waals surface area contributed by atoms with Crippen molar-refractivity contribution in [1.29, 1.82) is 5.26 Å². The number of nitriles is 1. The molecule has 2 N–H and O–H groups in total. The smallest absolute Gasteiger partial charge is 0.307 e. The minimum absolute atomic E-state index is 0.130. The van der Waals surface area contributed by atoms with E-state index in [0.717, 1.165) is 13.0 Å². The molecule has 1 heterocycles. The second kappa shape index (κ2) is 7.52. The molecule has 1 saturated heterocycles. The fraction of sp³-hybridized carbons (Fsp3) is 0.308. The van der Waals surface area contributed by atoms with E-state index in [4.69, 9.17) is 22.0 Å². The number of nitrogens with one attached hydrogen (secondary N) is 1. The molecule has 2 rings (SSSR count). The first-order valence-electron chi connectivity index (χ1n) is 5.68. The molecule has 5 nitrogen and oxygen atoms in total. The van der Waals surface area contributed by atoms with Crippen molar-refractivity contribution in [3.63, 3.8) is 0 Å². The monoisotopic (exact) mass is 280 g/mol. The van der Waals surface area contributed by atoms with Crippen molar-refractivity contribution in [3.05, 3.63) is 35.4 Å². The van der Waals surface area contributed by atoms with Crippen molar-refractivity contribution in [3.8, 4) is 6.07 Å². The number of aliphatic carboxylic acids is 1. The zero-order valence-corrected chi connectivity index (χ0v) is 10.9. The van der Waals surface area contributed by atoms with Gasteiger partial charge in [-0.3, -0.25) is 9.59 Å². The van der Waals surface area contributed by atoms with Gasteiger partial charge in [0.2, 0.25) is 0 Å². The van der Waals surface area contributed by atoms with Crippen LogP contribution >= 0.6 is 11.6 Å². The summed E-state index contributed by atoms with van der Waals surface area (Å²) in [5, 5.41) is 19.2. The van der Waals surface area contributed by atoms with E-state index in [2.05, 4.69) is 5.32 Å². The normalized spacial score (nSPS) is 16.9. The Morgan fingerprint density at radius 3 is 2.32 bits per heavy atom. The highest BCUT2D eigenvalue weighted by molar-refractivity contribution is 6.67. The predicted octanol–water partition coefficient (Wildman–Crippen LogP) is 1.62. The number of carboxylic acids is 1. The lowest BCUT2D eigenvalue weighted by Gasteiger charge is -1.96. The van der Waals surface area contributed by atoms with Gasteiger partial charge >= 0.3 is 5.97 Å². The number of carbonyl (C=O) groups excluding carboxylic acids is 1. The van der Waals surface area contributed by atoms with Crippen LogP contribution in [0.1, 0.15) is 22.3 Å². The maximum absolute atomic E-state index is 10.5. The van der Waals surface area contributed by atoms with Crippen LogP contribution in [0.2, 0.25) is 0 Å². The van der Waals surface area contributed by atoms with Crippen molar-refractivity contribution in [2.24, 2.45) is 5.92 Å². The van der Waals surface area contributed by atoms with Gasteiger partial charge in [-0.1, -0.05) is 0 Å². The number of hydrogen-bond donors (Lipinski definition) is 2. The second-order valence-electron chi connectivity index (χ2n) is 3.99. The predicted molar refractivity (Wildman–Crippen MR) is 70.0 cm³/mol. The highest BCUT2D eigenvalue weighted by Crippen LogP contribution is 2.06. The molecule has 1 aliphatic rings. The Kier molecular flexibility index (Phi) is 6.00. The Hall–Kier alpha value is -1.90. The number of halogens is 1. The summed E-state index contributed by atoms with van der Waals surface area (Å²) in [6.45, 7) is 1.51. The Balaban J connectivity index is 0.000000200. The topological polar surface area (TPSA) is 90.2 Å². The van der Waals surface area contributed by atoms with Gasteiger partial charge < -0.3 is 10.4 Å².